The Kier molecular flexibility index (Phi) is 2.33. The van der Waals surface area contributed by atoms with E-state index in [1.54, 1.807) is 11.8 Å². The predicted molar refractivity (Wildman–Crippen MR) is 51.7 cm³/mol. The van der Waals surface area contributed by atoms with Gasteiger partial charge in [0, 0.05) is 20.4 Å². The zero-order valence-corrected chi connectivity index (χ0v) is 8.60. The highest BCUT2D eigenvalue weighted by atomic mass is 16.5. The van der Waals surface area contributed by atoms with Crippen molar-refractivity contribution in [2.75, 3.05) is 13.7 Å². The van der Waals surface area contributed by atoms with Crippen LogP contribution in [0.3, 0.4) is 0 Å². The largest absolute Gasteiger partial charge is 0.381 e. The topological polar surface area (TPSA) is 47.3 Å². The maximum Gasteiger partial charge on any atom is 0.134 e. The molecular weight excluding hydrogens is 180 g/mol. The normalized spacial score (nSPS) is 20.8. The number of hydrogen-bond donors (Lipinski definition) is 1. The Morgan fingerprint density at radius 2 is 2.43 bits per heavy atom. The van der Waals surface area contributed by atoms with E-state index in [9.17, 15) is 5.11 Å². The van der Waals surface area contributed by atoms with E-state index in [2.05, 4.69) is 5.10 Å². The molecule has 4 heteroatoms. The van der Waals surface area contributed by atoms with Crippen molar-refractivity contribution in [1.29, 1.82) is 0 Å². The molecule has 4 nitrogen and oxygen atoms in total. The summed E-state index contributed by atoms with van der Waals surface area (Å²) in [5.41, 5.74) is -0.153. The molecule has 1 heterocycles. The molecule has 0 saturated heterocycles. The van der Waals surface area contributed by atoms with E-state index in [0.29, 0.717) is 12.5 Å². The van der Waals surface area contributed by atoms with E-state index < -0.39 is 5.60 Å². The molecule has 1 N–H and O–H groups in total. The fourth-order valence-corrected chi connectivity index (χ4v) is 1.83. The monoisotopic (exact) mass is 196 g/mol. The van der Waals surface area contributed by atoms with Crippen LogP contribution in [-0.2, 0) is 17.4 Å². The van der Waals surface area contributed by atoms with Crippen molar-refractivity contribution >= 4 is 0 Å². The second-order valence-corrected chi connectivity index (χ2v) is 4.01. The summed E-state index contributed by atoms with van der Waals surface area (Å²) in [6, 6.07) is 1.86. The maximum absolute atomic E-state index is 10.4. The quantitative estimate of drug-likeness (QED) is 0.769. The number of aromatic nitrogens is 2. The predicted octanol–water partition coefficient (Wildman–Crippen LogP) is 0.664. The van der Waals surface area contributed by atoms with Crippen molar-refractivity contribution in [3.8, 4) is 0 Å². The molecule has 1 aromatic heterocycles. The first-order valence-corrected chi connectivity index (χ1v) is 4.88. The Labute approximate surface area is 83.5 Å². The molecule has 0 bridgehead atoms. The molecule has 78 valence electrons. The zero-order chi connectivity index (χ0) is 10.2. The third kappa shape index (κ3) is 1.55. The standard InChI is InChI=1S/C10H16N2O2/c1-12-6-5-9(11-12)10(13,7-14-2)8-3-4-8/h5-6,8,13H,3-4,7H2,1-2H3. The Morgan fingerprint density at radius 1 is 1.71 bits per heavy atom. The Balaban J connectivity index is 2.25. The molecule has 14 heavy (non-hydrogen) atoms. The molecule has 2 rings (SSSR count). The van der Waals surface area contributed by atoms with Gasteiger partial charge >= 0.3 is 0 Å². The average molecular weight is 196 g/mol. The van der Waals surface area contributed by atoms with Gasteiger partial charge in [-0.25, -0.2) is 0 Å². The third-order valence-electron chi connectivity index (χ3n) is 2.77. The van der Waals surface area contributed by atoms with Crippen LogP contribution in [0.2, 0.25) is 0 Å². The number of hydrogen-bond acceptors (Lipinski definition) is 3. The fourth-order valence-electron chi connectivity index (χ4n) is 1.83. The summed E-state index contributed by atoms with van der Waals surface area (Å²) in [6.07, 6.45) is 3.98. The lowest BCUT2D eigenvalue weighted by atomic mass is 9.95. The molecule has 0 amide bonds. The van der Waals surface area contributed by atoms with Gasteiger partial charge in [0.1, 0.15) is 5.60 Å². The fraction of sp³-hybridized carbons (Fsp3) is 0.700. The molecule has 0 aromatic carbocycles. The number of aliphatic hydroxyl groups is 1. The van der Waals surface area contributed by atoms with Gasteiger partial charge < -0.3 is 9.84 Å². The molecule has 0 aliphatic heterocycles. The Morgan fingerprint density at radius 3 is 2.86 bits per heavy atom. The van der Waals surface area contributed by atoms with E-state index in [4.69, 9.17) is 4.74 Å². The van der Waals surface area contributed by atoms with Crippen LogP contribution in [0, 0.1) is 5.92 Å². The molecule has 1 aliphatic rings. The molecule has 1 unspecified atom stereocenters. The lowest BCUT2D eigenvalue weighted by Gasteiger charge is -2.25. The van der Waals surface area contributed by atoms with Gasteiger partial charge in [-0.05, 0) is 24.8 Å². The van der Waals surface area contributed by atoms with E-state index >= 15 is 0 Å². The lowest BCUT2D eigenvalue weighted by Crippen LogP contribution is -2.34. The molecule has 1 atom stereocenters. The minimum atomic E-state index is -0.879. The van der Waals surface area contributed by atoms with Crippen LogP contribution in [-0.4, -0.2) is 28.6 Å². The first-order chi connectivity index (χ1) is 6.66. The summed E-state index contributed by atoms with van der Waals surface area (Å²) in [5, 5.41) is 14.7. The number of aryl methyl sites for hydroxylation is 1. The van der Waals surface area contributed by atoms with Gasteiger partial charge in [-0.3, -0.25) is 4.68 Å². The second kappa shape index (κ2) is 3.37. The first-order valence-electron chi connectivity index (χ1n) is 4.88. The minimum Gasteiger partial charge on any atom is -0.381 e. The van der Waals surface area contributed by atoms with Gasteiger partial charge in [0.05, 0.1) is 12.3 Å². The smallest absolute Gasteiger partial charge is 0.134 e. The van der Waals surface area contributed by atoms with Gasteiger partial charge in [0.25, 0.3) is 0 Å². The van der Waals surface area contributed by atoms with E-state index in [1.807, 2.05) is 19.3 Å². The van der Waals surface area contributed by atoms with E-state index in [0.717, 1.165) is 18.5 Å². The van der Waals surface area contributed by atoms with Gasteiger partial charge in [-0.1, -0.05) is 0 Å². The van der Waals surface area contributed by atoms with Gasteiger partial charge in [-0.15, -0.1) is 0 Å². The second-order valence-electron chi connectivity index (χ2n) is 4.01. The summed E-state index contributed by atoms with van der Waals surface area (Å²) in [7, 11) is 3.46. The van der Waals surface area contributed by atoms with Gasteiger partial charge in [-0.2, -0.15) is 5.10 Å². The average Bonchev–Trinajstić information content (AvgIpc) is 2.90. The first kappa shape index (κ1) is 9.68. The summed E-state index contributed by atoms with van der Waals surface area (Å²) < 4.78 is 6.78. The van der Waals surface area contributed by atoms with E-state index in [1.165, 1.54) is 0 Å². The summed E-state index contributed by atoms with van der Waals surface area (Å²) in [6.45, 7) is 0.328. The highest BCUT2D eigenvalue weighted by Gasteiger charge is 2.46. The third-order valence-corrected chi connectivity index (χ3v) is 2.77. The molecular formula is C10H16N2O2. The molecule has 1 fully saturated rings. The zero-order valence-electron chi connectivity index (χ0n) is 8.60. The van der Waals surface area contributed by atoms with Crippen LogP contribution in [0.1, 0.15) is 18.5 Å². The van der Waals surface area contributed by atoms with Crippen molar-refractivity contribution in [2.24, 2.45) is 13.0 Å². The maximum atomic E-state index is 10.4. The number of ether oxygens (including phenoxy) is 1. The van der Waals surface area contributed by atoms with Crippen LogP contribution < -0.4 is 0 Å². The van der Waals surface area contributed by atoms with Crippen molar-refractivity contribution in [2.45, 2.75) is 18.4 Å². The van der Waals surface area contributed by atoms with Crippen LogP contribution in [0.15, 0.2) is 12.3 Å². The minimum absolute atomic E-state index is 0.317. The number of rotatable bonds is 4. The molecule has 1 aliphatic carbocycles. The van der Waals surface area contributed by atoms with Gasteiger partial charge in [0.2, 0.25) is 0 Å². The molecule has 0 spiro atoms. The van der Waals surface area contributed by atoms with Crippen LogP contribution >= 0.6 is 0 Å². The summed E-state index contributed by atoms with van der Waals surface area (Å²) >= 11 is 0. The molecule has 1 saturated carbocycles. The molecule has 0 radical (unpaired) electrons. The lowest BCUT2D eigenvalue weighted by molar-refractivity contribution is -0.0567. The van der Waals surface area contributed by atoms with Crippen LogP contribution in [0.25, 0.3) is 0 Å². The summed E-state index contributed by atoms with van der Waals surface area (Å²) in [4.78, 5) is 0. The SMILES string of the molecule is COCC(O)(c1ccn(C)n1)C1CC1. The van der Waals surface area contributed by atoms with E-state index in [-0.39, 0.29) is 0 Å². The van der Waals surface area contributed by atoms with Crippen molar-refractivity contribution in [3.63, 3.8) is 0 Å². The van der Waals surface area contributed by atoms with Crippen molar-refractivity contribution in [1.82, 2.24) is 9.78 Å². The molecule has 1 aromatic rings. The Hall–Kier alpha value is -0.870. The van der Waals surface area contributed by atoms with Crippen molar-refractivity contribution < 1.29 is 9.84 Å². The van der Waals surface area contributed by atoms with Crippen LogP contribution in [0.4, 0.5) is 0 Å². The Bertz CT molecular complexity index is 320. The number of nitrogens with zero attached hydrogens (tertiary/aromatic N) is 2. The van der Waals surface area contributed by atoms with Gasteiger partial charge in [0.15, 0.2) is 0 Å². The summed E-state index contributed by atoms with van der Waals surface area (Å²) in [5.74, 6) is 0.317. The highest BCUT2D eigenvalue weighted by molar-refractivity contribution is 5.15. The van der Waals surface area contributed by atoms with Crippen LogP contribution in [0.5, 0.6) is 0 Å². The number of methoxy groups -OCH3 is 1. The highest BCUT2D eigenvalue weighted by Crippen LogP contribution is 2.45. The van der Waals surface area contributed by atoms with Crippen molar-refractivity contribution in [3.05, 3.63) is 18.0 Å².